The van der Waals surface area contributed by atoms with Gasteiger partial charge < -0.3 is 0 Å². The highest BCUT2D eigenvalue weighted by Gasteiger charge is 2.22. The molecule has 9 aromatic heterocycles. The van der Waals surface area contributed by atoms with Crippen LogP contribution in [0.25, 0.3) is 233 Å². The third-order valence-electron chi connectivity index (χ3n) is 20.6. The van der Waals surface area contributed by atoms with E-state index in [9.17, 15) is 0 Å². The fourth-order valence-electron chi connectivity index (χ4n) is 14.8. The van der Waals surface area contributed by atoms with Crippen LogP contribution in [0.15, 0.2) is 298 Å². The van der Waals surface area contributed by atoms with Crippen molar-refractivity contribution in [2.75, 3.05) is 0 Å². The molecule has 0 aliphatic carbocycles. The largest absolute Gasteiger partial charge is 0.233 e. The van der Waals surface area contributed by atoms with Gasteiger partial charge in [0.15, 0.2) is 52.4 Å². The third-order valence-corrected chi connectivity index (χ3v) is 20.6. The molecule has 0 radical (unpaired) electrons. The predicted octanol–water partition coefficient (Wildman–Crippen LogP) is 16.4. The van der Waals surface area contributed by atoms with Crippen LogP contribution in [0.4, 0.5) is 0 Å². The zero-order valence-corrected chi connectivity index (χ0v) is 62.3. The second kappa shape index (κ2) is 29.4. The molecule has 0 saturated carbocycles. The smallest absolute Gasteiger partial charge is 0.165 e. The van der Waals surface area contributed by atoms with E-state index in [-0.39, 0.29) is 0 Å². The summed E-state index contributed by atoms with van der Waals surface area (Å²) < 4.78 is 0. The molecular formula is C91H49N29. The lowest BCUT2D eigenvalue weighted by Crippen LogP contribution is -2.01. The number of fused-ring (bicyclic) bond motifs is 12. The molecule has 0 saturated heterocycles. The van der Waals surface area contributed by atoms with Crippen molar-refractivity contribution in [2.24, 2.45) is 0 Å². The summed E-state index contributed by atoms with van der Waals surface area (Å²) >= 11 is 0. The van der Waals surface area contributed by atoms with Gasteiger partial charge in [-0.1, -0.05) is 127 Å². The number of nitrogens with zero attached hydrogens (tertiary/aromatic N) is 29. The second-order valence-corrected chi connectivity index (χ2v) is 27.9. The molecule has 120 heavy (non-hydrogen) atoms. The van der Waals surface area contributed by atoms with Crippen LogP contribution < -0.4 is 0 Å². The molecule has 0 N–H and O–H groups in total. The Balaban J connectivity index is 0.000000108. The summed E-state index contributed by atoms with van der Waals surface area (Å²) in [6.45, 7) is 0. The van der Waals surface area contributed by atoms with Crippen molar-refractivity contribution in [1.29, 1.82) is 0 Å². The molecule has 0 aliphatic rings. The van der Waals surface area contributed by atoms with Crippen LogP contribution in [-0.4, -0.2) is 147 Å². The van der Waals surface area contributed by atoms with E-state index in [1.54, 1.807) is 0 Å². The van der Waals surface area contributed by atoms with Gasteiger partial charge in [0, 0.05) is 50.1 Å². The van der Waals surface area contributed by atoms with Gasteiger partial charge in [0.1, 0.15) is 69.4 Å². The van der Waals surface area contributed by atoms with Gasteiger partial charge >= 0.3 is 0 Å². The van der Waals surface area contributed by atoms with E-state index in [1.807, 2.05) is 170 Å². The maximum absolute atomic E-state index is 5.04. The lowest BCUT2D eigenvalue weighted by molar-refractivity contribution is 0.797. The van der Waals surface area contributed by atoms with E-state index < -0.39 is 0 Å². The van der Waals surface area contributed by atoms with Crippen LogP contribution in [0.3, 0.4) is 0 Å². The number of benzene rings is 15. The van der Waals surface area contributed by atoms with E-state index in [1.165, 1.54) is 41.5 Å². The fourth-order valence-corrected chi connectivity index (χ4v) is 14.8. The topological polar surface area (TPSA) is 374 Å². The van der Waals surface area contributed by atoms with E-state index in [0.29, 0.717) is 96.6 Å². The summed E-state index contributed by atoms with van der Waals surface area (Å²) in [5, 5.41) is 77.0. The predicted molar refractivity (Wildman–Crippen MR) is 454 cm³/mol. The highest BCUT2D eigenvalue weighted by atomic mass is 15.4. The Bertz CT molecular complexity index is 7890. The molecule has 29 nitrogen and oxygen atoms in total. The average molecular weight is 1550 g/mol. The summed E-state index contributed by atoms with van der Waals surface area (Å²) in [5.74, 6) is 4.71. The van der Waals surface area contributed by atoms with E-state index in [0.717, 1.165) is 121 Å². The maximum Gasteiger partial charge on any atom is 0.165 e. The molecule has 24 rings (SSSR count). The molecule has 0 atom stereocenters. The zero-order valence-electron chi connectivity index (χ0n) is 62.3. The van der Waals surface area contributed by atoms with Crippen LogP contribution in [0.2, 0.25) is 0 Å². The van der Waals surface area contributed by atoms with Gasteiger partial charge in [0.25, 0.3) is 0 Å². The monoisotopic (exact) mass is 1550 g/mol. The van der Waals surface area contributed by atoms with Gasteiger partial charge in [0.05, 0.1) is 22.1 Å². The molecule has 15 aromatic carbocycles. The molecule has 558 valence electrons. The second-order valence-electron chi connectivity index (χ2n) is 27.9. The molecule has 29 heteroatoms. The molecule has 24 aromatic rings. The summed E-state index contributed by atoms with van der Waals surface area (Å²) in [5.41, 5.74) is 15.4. The lowest BCUT2D eigenvalue weighted by Gasteiger charge is -2.13. The SMILES string of the molecule is c1ccc2c(-c3nc(-c4ccc5ncnnc5c4)nc(-c4ccc5ncnnc5c4)n3)c3ccccc3cc2c1.c1ccc2cc3c(-c4nc(-c5ccc6ncnnc6c5)nc(-c5ccc6ncnnc6c5)n4)cccc3cc2c1.c1ccc2cc3cc(-c4nc(-c5ccc6nnnnc6c5)nc(-c5ccc6nnnnc6c5)n4)ccc3cc2c1. The first kappa shape index (κ1) is 69.1. The van der Waals surface area contributed by atoms with Gasteiger partial charge in [-0.3, -0.25) is 0 Å². The highest BCUT2D eigenvalue weighted by Crippen LogP contribution is 2.39. The van der Waals surface area contributed by atoms with Crippen LogP contribution in [-0.2, 0) is 0 Å². The number of hydrogen-bond acceptors (Lipinski definition) is 29. The number of aromatic nitrogens is 29. The van der Waals surface area contributed by atoms with Crippen molar-refractivity contribution >= 4 is 131 Å². The van der Waals surface area contributed by atoms with Crippen molar-refractivity contribution in [3.63, 3.8) is 0 Å². The van der Waals surface area contributed by atoms with Crippen LogP contribution in [0.1, 0.15) is 0 Å². The summed E-state index contributed by atoms with van der Waals surface area (Å²) in [4.78, 5) is 61.6. The minimum Gasteiger partial charge on any atom is -0.233 e. The van der Waals surface area contributed by atoms with Crippen LogP contribution in [0.5, 0.6) is 0 Å². The van der Waals surface area contributed by atoms with Crippen molar-refractivity contribution in [2.45, 2.75) is 0 Å². The summed E-state index contributed by atoms with van der Waals surface area (Å²) in [7, 11) is 0. The molecule has 0 bridgehead atoms. The molecule has 0 spiro atoms. The zero-order chi connectivity index (χ0) is 79.4. The van der Waals surface area contributed by atoms with Gasteiger partial charge in [0.2, 0.25) is 0 Å². The first-order valence-corrected chi connectivity index (χ1v) is 37.6. The Kier molecular flexibility index (Phi) is 16.9. The Morgan fingerprint density at radius 1 is 0.158 bits per heavy atom. The van der Waals surface area contributed by atoms with E-state index >= 15 is 0 Å². The van der Waals surface area contributed by atoms with Crippen LogP contribution >= 0.6 is 0 Å². The molecule has 9 heterocycles. The summed E-state index contributed by atoms with van der Waals surface area (Å²) in [6.07, 6.45) is 5.74. The fraction of sp³-hybridized carbons (Fsp3) is 0. The molecule has 0 fully saturated rings. The molecule has 0 unspecified atom stereocenters. The third kappa shape index (κ3) is 13.3. The first-order chi connectivity index (χ1) is 59.3. The van der Waals surface area contributed by atoms with Gasteiger partial charge in [-0.25, -0.2) is 64.8 Å². The molecule has 0 aliphatic heterocycles. The Hall–Kier alpha value is -17.6. The lowest BCUT2D eigenvalue weighted by atomic mass is 9.96. The van der Waals surface area contributed by atoms with Crippen molar-refractivity contribution in [3.8, 4) is 102 Å². The average Bonchev–Trinajstić information content (AvgIpc) is 0.756. The van der Waals surface area contributed by atoms with Gasteiger partial charge in [-0.2, -0.15) is 0 Å². The van der Waals surface area contributed by atoms with Gasteiger partial charge in [-0.05, 0) is 231 Å². The Morgan fingerprint density at radius 3 is 0.842 bits per heavy atom. The number of rotatable bonds is 9. The first-order valence-electron chi connectivity index (χ1n) is 37.6. The van der Waals surface area contributed by atoms with E-state index in [2.05, 4.69) is 205 Å². The normalized spacial score (nSPS) is 11.5. The molecular weight excluding hydrogens is 1500 g/mol. The van der Waals surface area contributed by atoms with Crippen LogP contribution in [0, 0.1) is 0 Å². The number of hydrogen-bond donors (Lipinski definition) is 0. The van der Waals surface area contributed by atoms with Gasteiger partial charge in [-0.15, -0.1) is 61.2 Å². The quantitative estimate of drug-likeness (QED) is 0.121. The Labute approximate surface area is 674 Å². The summed E-state index contributed by atoms with van der Waals surface area (Å²) in [6, 6.07) is 90.6. The van der Waals surface area contributed by atoms with Crippen molar-refractivity contribution in [3.05, 3.63) is 298 Å². The Morgan fingerprint density at radius 2 is 0.433 bits per heavy atom. The minimum absolute atomic E-state index is 0.484. The standard InChI is InChI=1S/2C31H17N9.C29H15N11/c1-3-7-22-18(5-1)13-19-6-2-4-8-23(19)28(22)31-37-29(20-9-11-24-26(14-20)39-34-16-32-24)36-30(38-31)21-10-12-25-27(15-21)40-35-17-33-25;1-2-5-19-13-24-20(12-18(19)4-1)6-3-7-23(24)31-37-29(21-8-10-25-27(14-21)39-34-16-32-25)36-30(38-31)22-9-11-26-28(15-22)40-35-17-33-26;1-2-4-17-12-22-13-19(6-5-18(22)11-16(17)3-1)27-30-28(20-7-9-23-25(14-20)35-39-37-33-23)32-29(31-27)21-8-10-24-26(15-21)36-40-38-34-24/h2*1-17H;1-15H. The maximum atomic E-state index is 5.04. The molecule has 0 amide bonds. The highest BCUT2D eigenvalue weighted by molar-refractivity contribution is 6.12. The van der Waals surface area contributed by atoms with Crippen molar-refractivity contribution < 1.29 is 0 Å². The minimum atomic E-state index is 0.484. The van der Waals surface area contributed by atoms with Crippen molar-refractivity contribution in [1.82, 2.24) is 147 Å². The van der Waals surface area contributed by atoms with E-state index in [4.69, 9.17) is 44.9 Å².